The van der Waals surface area contributed by atoms with Crippen LogP contribution in [0.4, 0.5) is 5.69 Å². The molecule has 0 bridgehead atoms. The standard InChI is InChI=1S/C13H15NO3/c1-4-5-6-7-17-13-11(3)8-10(2)9-12(13)14(15)16/h1,8-9H,5-7H2,2-3H3. The Hall–Kier alpha value is -2.02. The van der Waals surface area contributed by atoms with Gasteiger partial charge in [-0.15, -0.1) is 12.3 Å². The molecule has 17 heavy (non-hydrogen) atoms. The number of benzene rings is 1. The zero-order valence-corrected chi connectivity index (χ0v) is 10.0. The third-order valence-corrected chi connectivity index (χ3v) is 2.31. The summed E-state index contributed by atoms with van der Waals surface area (Å²) in [5, 5.41) is 10.9. The molecule has 0 aliphatic carbocycles. The molecule has 0 N–H and O–H groups in total. The van der Waals surface area contributed by atoms with Gasteiger partial charge in [-0.05, 0) is 31.4 Å². The summed E-state index contributed by atoms with van der Waals surface area (Å²) in [7, 11) is 0. The highest BCUT2D eigenvalue weighted by Gasteiger charge is 2.18. The van der Waals surface area contributed by atoms with E-state index in [2.05, 4.69) is 5.92 Å². The number of ether oxygens (including phenoxy) is 1. The third-order valence-electron chi connectivity index (χ3n) is 2.31. The van der Waals surface area contributed by atoms with E-state index in [-0.39, 0.29) is 5.69 Å². The van der Waals surface area contributed by atoms with Gasteiger partial charge in [-0.2, -0.15) is 0 Å². The van der Waals surface area contributed by atoms with Crippen LogP contribution in [0.5, 0.6) is 5.75 Å². The van der Waals surface area contributed by atoms with Crippen LogP contribution in [0.1, 0.15) is 24.0 Å². The van der Waals surface area contributed by atoms with Crippen LogP contribution in [-0.4, -0.2) is 11.5 Å². The Labute approximate surface area is 101 Å². The van der Waals surface area contributed by atoms with E-state index < -0.39 is 4.92 Å². The number of hydrogen-bond acceptors (Lipinski definition) is 3. The maximum absolute atomic E-state index is 10.9. The second-order valence-corrected chi connectivity index (χ2v) is 3.84. The van der Waals surface area contributed by atoms with Gasteiger partial charge in [-0.25, -0.2) is 0 Å². The van der Waals surface area contributed by atoms with E-state index in [1.807, 2.05) is 13.0 Å². The van der Waals surface area contributed by atoms with Crippen LogP contribution in [0.15, 0.2) is 12.1 Å². The normalized spacial score (nSPS) is 9.71. The van der Waals surface area contributed by atoms with Gasteiger partial charge in [-0.1, -0.05) is 6.07 Å². The summed E-state index contributed by atoms with van der Waals surface area (Å²) >= 11 is 0. The number of hydrogen-bond donors (Lipinski definition) is 0. The van der Waals surface area contributed by atoms with Crippen LogP contribution in [0, 0.1) is 36.3 Å². The number of nitro groups is 1. The quantitative estimate of drug-likeness (QED) is 0.340. The van der Waals surface area contributed by atoms with E-state index in [9.17, 15) is 10.1 Å². The molecule has 1 aromatic rings. The number of nitro benzene ring substituents is 1. The summed E-state index contributed by atoms with van der Waals surface area (Å²) < 4.78 is 5.45. The monoisotopic (exact) mass is 233 g/mol. The van der Waals surface area contributed by atoms with Gasteiger partial charge < -0.3 is 4.74 Å². The fourth-order valence-corrected chi connectivity index (χ4v) is 1.60. The van der Waals surface area contributed by atoms with Crippen LogP contribution >= 0.6 is 0 Å². The Morgan fingerprint density at radius 1 is 1.47 bits per heavy atom. The first-order chi connectivity index (χ1) is 8.06. The molecule has 0 saturated heterocycles. The van der Waals surface area contributed by atoms with E-state index in [1.54, 1.807) is 6.92 Å². The van der Waals surface area contributed by atoms with Crippen molar-refractivity contribution in [2.24, 2.45) is 0 Å². The average molecular weight is 233 g/mol. The highest BCUT2D eigenvalue weighted by molar-refractivity contribution is 5.53. The molecule has 4 nitrogen and oxygen atoms in total. The van der Waals surface area contributed by atoms with E-state index >= 15 is 0 Å². The summed E-state index contributed by atoms with van der Waals surface area (Å²) in [4.78, 5) is 10.5. The fourth-order valence-electron chi connectivity index (χ4n) is 1.60. The summed E-state index contributed by atoms with van der Waals surface area (Å²) in [6.45, 7) is 4.02. The van der Waals surface area contributed by atoms with Gasteiger partial charge in [0, 0.05) is 12.5 Å². The molecule has 1 rings (SSSR count). The predicted molar refractivity (Wildman–Crippen MR) is 66.1 cm³/mol. The number of nitrogens with zero attached hydrogens (tertiary/aromatic N) is 1. The molecule has 0 atom stereocenters. The van der Waals surface area contributed by atoms with Crippen LogP contribution in [0.2, 0.25) is 0 Å². The minimum absolute atomic E-state index is 0.0169. The minimum atomic E-state index is -0.420. The summed E-state index contributed by atoms with van der Waals surface area (Å²) in [6.07, 6.45) is 6.43. The molecule has 0 spiro atoms. The second kappa shape index (κ2) is 5.90. The molecule has 0 radical (unpaired) electrons. The molecule has 0 heterocycles. The lowest BCUT2D eigenvalue weighted by Crippen LogP contribution is -2.02. The highest BCUT2D eigenvalue weighted by atomic mass is 16.6. The highest BCUT2D eigenvalue weighted by Crippen LogP contribution is 2.32. The molecule has 0 amide bonds. The van der Waals surface area contributed by atoms with Crippen molar-refractivity contribution in [3.63, 3.8) is 0 Å². The van der Waals surface area contributed by atoms with Crippen LogP contribution in [-0.2, 0) is 0 Å². The maximum atomic E-state index is 10.9. The Kier molecular flexibility index (Phi) is 4.53. The van der Waals surface area contributed by atoms with E-state index in [0.29, 0.717) is 25.2 Å². The predicted octanol–water partition coefficient (Wildman–Crippen LogP) is 3.00. The first kappa shape index (κ1) is 13.0. The van der Waals surface area contributed by atoms with Crippen LogP contribution < -0.4 is 4.74 Å². The zero-order chi connectivity index (χ0) is 12.8. The zero-order valence-electron chi connectivity index (χ0n) is 10.0. The maximum Gasteiger partial charge on any atom is 0.311 e. The van der Waals surface area contributed by atoms with Crippen molar-refractivity contribution >= 4 is 5.69 Å². The molecule has 1 aromatic carbocycles. The van der Waals surface area contributed by atoms with Crippen molar-refractivity contribution in [1.82, 2.24) is 0 Å². The van der Waals surface area contributed by atoms with Gasteiger partial charge in [-0.3, -0.25) is 10.1 Å². The number of rotatable bonds is 5. The van der Waals surface area contributed by atoms with Crippen molar-refractivity contribution in [3.05, 3.63) is 33.4 Å². The van der Waals surface area contributed by atoms with Crippen molar-refractivity contribution in [2.45, 2.75) is 26.7 Å². The SMILES string of the molecule is C#CCCCOc1c(C)cc(C)cc1[N+](=O)[O-]. The van der Waals surface area contributed by atoms with E-state index in [4.69, 9.17) is 11.2 Å². The Morgan fingerprint density at radius 3 is 2.76 bits per heavy atom. The minimum Gasteiger partial charge on any atom is -0.487 e. The summed E-state index contributed by atoms with van der Waals surface area (Å²) in [6, 6.07) is 3.38. The lowest BCUT2D eigenvalue weighted by atomic mass is 10.1. The van der Waals surface area contributed by atoms with Crippen LogP contribution in [0.3, 0.4) is 0 Å². The number of aryl methyl sites for hydroxylation is 2. The molecule has 0 fully saturated rings. The number of unbranched alkanes of at least 4 members (excludes halogenated alkanes) is 1. The first-order valence-corrected chi connectivity index (χ1v) is 5.38. The Morgan fingerprint density at radius 2 is 2.18 bits per heavy atom. The largest absolute Gasteiger partial charge is 0.487 e. The Bertz CT molecular complexity index is 460. The number of terminal acetylenes is 1. The smallest absolute Gasteiger partial charge is 0.311 e. The van der Waals surface area contributed by atoms with Crippen molar-refractivity contribution in [1.29, 1.82) is 0 Å². The topological polar surface area (TPSA) is 52.4 Å². The van der Waals surface area contributed by atoms with Crippen LogP contribution in [0.25, 0.3) is 0 Å². The molecular formula is C13H15NO3. The van der Waals surface area contributed by atoms with E-state index in [0.717, 1.165) is 11.1 Å². The summed E-state index contributed by atoms with van der Waals surface area (Å²) in [5.41, 5.74) is 1.64. The third kappa shape index (κ3) is 3.49. The van der Waals surface area contributed by atoms with Crippen molar-refractivity contribution in [2.75, 3.05) is 6.61 Å². The van der Waals surface area contributed by atoms with Crippen molar-refractivity contribution in [3.8, 4) is 18.1 Å². The second-order valence-electron chi connectivity index (χ2n) is 3.84. The molecule has 0 aliphatic heterocycles. The lowest BCUT2D eigenvalue weighted by molar-refractivity contribution is -0.386. The molecule has 0 aliphatic rings. The molecule has 0 unspecified atom stereocenters. The van der Waals surface area contributed by atoms with Crippen molar-refractivity contribution < 1.29 is 9.66 Å². The molecule has 90 valence electrons. The lowest BCUT2D eigenvalue weighted by Gasteiger charge is -2.09. The summed E-state index contributed by atoms with van der Waals surface area (Å²) in [5.74, 6) is 2.85. The van der Waals surface area contributed by atoms with Gasteiger partial charge in [0.15, 0.2) is 5.75 Å². The molecule has 0 aromatic heterocycles. The van der Waals surface area contributed by atoms with Gasteiger partial charge in [0.2, 0.25) is 0 Å². The average Bonchev–Trinajstić information content (AvgIpc) is 2.25. The molecule has 0 saturated carbocycles. The molecular weight excluding hydrogens is 218 g/mol. The van der Waals surface area contributed by atoms with Gasteiger partial charge in [0.25, 0.3) is 0 Å². The Balaban J connectivity index is 2.89. The molecule has 4 heteroatoms. The van der Waals surface area contributed by atoms with Gasteiger partial charge in [0.05, 0.1) is 11.5 Å². The first-order valence-electron chi connectivity index (χ1n) is 5.38. The van der Waals surface area contributed by atoms with Gasteiger partial charge >= 0.3 is 5.69 Å². The van der Waals surface area contributed by atoms with Gasteiger partial charge in [0.1, 0.15) is 0 Å². The van der Waals surface area contributed by atoms with E-state index in [1.165, 1.54) is 6.07 Å². The fraction of sp³-hybridized carbons (Fsp3) is 0.385.